The molecule has 1 saturated carbocycles. The second kappa shape index (κ2) is 4.75. The molecule has 1 nitrogen and oxygen atoms in total. The van der Waals surface area contributed by atoms with E-state index in [-0.39, 0.29) is 12.6 Å². The lowest BCUT2D eigenvalue weighted by atomic mass is 9.72. The summed E-state index contributed by atoms with van der Waals surface area (Å²) in [5, 5.41) is 0. The second-order valence-corrected chi connectivity index (χ2v) is 4.35. The molecule has 1 aromatic carbocycles. The predicted octanol–water partition coefficient (Wildman–Crippen LogP) is 3.00. The molecular formula is C13H18FN. The van der Waals surface area contributed by atoms with Crippen molar-refractivity contribution in [3.8, 4) is 0 Å². The van der Waals surface area contributed by atoms with Crippen LogP contribution >= 0.6 is 0 Å². The summed E-state index contributed by atoms with van der Waals surface area (Å²) < 4.78 is 13.1. The molecule has 1 unspecified atom stereocenters. The quantitative estimate of drug-likeness (QED) is 0.807. The third kappa shape index (κ3) is 2.05. The molecule has 0 amide bonds. The summed E-state index contributed by atoms with van der Waals surface area (Å²) in [5.74, 6) is 0.626. The summed E-state index contributed by atoms with van der Waals surface area (Å²) in [7, 11) is 0. The van der Waals surface area contributed by atoms with E-state index in [4.69, 9.17) is 5.73 Å². The minimum atomic E-state index is -0.248. The number of nitrogens with two attached hydrogens (primary N) is 1. The Balaban J connectivity index is 2.24. The Bertz CT molecular complexity index is 320. The largest absolute Gasteiger partial charge is 0.326 e. The average molecular weight is 207 g/mol. The zero-order valence-electron chi connectivity index (χ0n) is 8.95. The van der Waals surface area contributed by atoms with Gasteiger partial charge in [-0.2, -0.15) is 0 Å². The van der Waals surface area contributed by atoms with E-state index in [9.17, 15) is 4.39 Å². The van der Waals surface area contributed by atoms with Crippen LogP contribution in [0.1, 0.15) is 36.3 Å². The van der Waals surface area contributed by atoms with Gasteiger partial charge in [-0.05, 0) is 29.9 Å². The number of benzene rings is 1. The normalized spacial score (nSPS) is 18.5. The van der Waals surface area contributed by atoms with Crippen LogP contribution in [0.3, 0.4) is 0 Å². The molecule has 0 spiro atoms. The van der Waals surface area contributed by atoms with E-state index in [1.807, 2.05) is 24.3 Å². The third-order valence-electron chi connectivity index (χ3n) is 3.56. The molecule has 1 aliphatic rings. The molecule has 2 heteroatoms. The van der Waals surface area contributed by atoms with Crippen LogP contribution in [-0.2, 0) is 6.54 Å². The summed E-state index contributed by atoms with van der Waals surface area (Å²) in [4.78, 5) is 0. The fraction of sp³-hybridized carbons (Fsp3) is 0.538. The van der Waals surface area contributed by atoms with E-state index in [0.717, 1.165) is 11.1 Å². The Morgan fingerprint density at radius 1 is 1.33 bits per heavy atom. The fourth-order valence-corrected chi connectivity index (χ4v) is 2.39. The first-order chi connectivity index (χ1) is 7.36. The van der Waals surface area contributed by atoms with Crippen molar-refractivity contribution in [2.45, 2.75) is 31.7 Å². The van der Waals surface area contributed by atoms with Gasteiger partial charge < -0.3 is 5.73 Å². The highest BCUT2D eigenvalue weighted by Gasteiger charge is 2.29. The molecule has 1 aliphatic carbocycles. The standard InChI is InChI=1S/C13H18FN/c14-8-13(10-5-3-6-10)12-7-2-1-4-11(12)9-15/h1-2,4,7,10,13H,3,5-6,8-9,15H2. The summed E-state index contributed by atoms with van der Waals surface area (Å²) in [6, 6.07) is 8.00. The molecule has 1 aromatic rings. The molecule has 0 bridgehead atoms. The SMILES string of the molecule is NCc1ccccc1C(CF)C1CCC1. The summed E-state index contributed by atoms with van der Waals surface area (Å²) in [6.45, 7) is 0.265. The lowest BCUT2D eigenvalue weighted by Gasteiger charge is -2.33. The van der Waals surface area contributed by atoms with Crippen molar-refractivity contribution in [1.29, 1.82) is 0 Å². The number of rotatable bonds is 4. The Morgan fingerprint density at radius 2 is 2.07 bits per heavy atom. The summed E-state index contributed by atoms with van der Waals surface area (Å²) in [6.07, 6.45) is 3.60. The van der Waals surface area contributed by atoms with Gasteiger partial charge in [0.25, 0.3) is 0 Å². The smallest absolute Gasteiger partial charge is 0.0965 e. The van der Waals surface area contributed by atoms with Crippen molar-refractivity contribution in [2.24, 2.45) is 11.7 Å². The molecule has 1 fully saturated rings. The third-order valence-corrected chi connectivity index (χ3v) is 3.56. The number of hydrogen-bond acceptors (Lipinski definition) is 1. The van der Waals surface area contributed by atoms with Crippen LogP contribution in [-0.4, -0.2) is 6.67 Å². The Morgan fingerprint density at radius 3 is 2.60 bits per heavy atom. The Kier molecular flexibility index (Phi) is 3.37. The number of halogens is 1. The Hall–Kier alpha value is -0.890. The van der Waals surface area contributed by atoms with Crippen molar-refractivity contribution >= 4 is 0 Å². The van der Waals surface area contributed by atoms with E-state index in [2.05, 4.69) is 0 Å². The van der Waals surface area contributed by atoms with Gasteiger partial charge >= 0.3 is 0 Å². The van der Waals surface area contributed by atoms with Crippen LogP contribution < -0.4 is 5.73 Å². The van der Waals surface area contributed by atoms with Crippen molar-refractivity contribution in [3.63, 3.8) is 0 Å². The van der Waals surface area contributed by atoms with E-state index >= 15 is 0 Å². The summed E-state index contributed by atoms with van der Waals surface area (Å²) in [5.41, 5.74) is 7.92. The molecule has 1 atom stereocenters. The maximum absolute atomic E-state index is 13.1. The van der Waals surface area contributed by atoms with Crippen molar-refractivity contribution in [3.05, 3.63) is 35.4 Å². The maximum Gasteiger partial charge on any atom is 0.0965 e. The zero-order valence-corrected chi connectivity index (χ0v) is 8.95. The molecule has 82 valence electrons. The van der Waals surface area contributed by atoms with Gasteiger partial charge in [0.2, 0.25) is 0 Å². The predicted molar refractivity (Wildman–Crippen MR) is 60.4 cm³/mol. The lowest BCUT2D eigenvalue weighted by molar-refractivity contribution is 0.226. The highest BCUT2D eigenvalue weighted by atomic mass is 19.1. The van der Waals surface area contributed by atoms with E-state index in [1.54, 1.807) is 0 Å². The highest BCUT2D eigenvalue weighted by molar-refractivity contribution is 5.31. The molecule has 0 aliphatic heterocycles. The van der Waals surface area contributed by atoms with Crippen molar-refractivity contribution in [2.75, 3.05) is 6.67 Å². The van der Waals surface area contributed by atoms with Crippen LogP contribution in [0, 0.1) is 5.92 Å². The van der Waals surface area contributed by atoms with Gasteiger partial charge in [-0.15, -0.1) is 0 Å². The van der Waals surface area contributed by atoms with Gasteiger partial charge in [0.05, 0.1) is 6.67 Å². The van der Waals surface area contributed by atoms with E-state index < -0.39 is 0 Å². The van der Waals surface area contributed by atoms with Crippen molar-refractivity contribution < 1.29 is 4.39 Å². The summed E-state index contributed by atoms with van der Waals surface area (Å²) >= 11 is 0. The molecule has 15 heavy (non-hydrogen) atoms. The molecule has 0 heterocycles. The topological polar surface area (TPSA) is 26.0 Å². The van der Waals surface area contributed by atoms with E-state index in [1.165, 1.54) is 19.3 Å². The molecule has 2 rings (SSSR count). The van der Waals surface area contributed by atoms with Gasteiger partial charge in [0, 0.05) is 12.5 Å². The van der Waals surface area contributed by atoms with Gasteiger partial charge in [0.1, 0.15) is 0 Å². The second-order valence-electron chi connectivity index (χ2n) is 4.35. The van der Waals surface area contributed by atoms with Gasteiger partial charge in [-0.1, -0.05) is 30.7 Å². The average Bonchev–Trinajstić information content (AvgIpc) is 2.23. The molecular weight excluding hydrogens is 189 g/mol. The van der Waals surface area contributed by atoms with Gasteiger partial charge in [-0.25, -0.2) is 0 Å². The van der Waals surface area contributed by atoms with Crippen LogP contribution in [0.2, 0.25) is 0 Å². The van der Waals surface area contributed by atoms with Crippen LogP contribution in [0.5, 0.6) is 0 Å². The molecule has 0 radical (unpaired) electrons. The molecule has 2 N–H and O–H groups in total. The van der Waals surface area contributed by atoms with Crippen molar-refractivity contribution in [1.82, 2.24) is 0 Å². The van der Waals surface area contributed by atoms with Gasteiger partial charge in [-0.3, -0.25) is 4.39 Å². The fourth-order valence-electron chi connectivity index (χ4n) is 2.39. The van der Waals surface area contributed by atoms with Gasteiger partial charge in [0.15, 0.2) is 0 Å². The maximum atomic E-state index is 13.1. The number of hydrogen-bond donors (Lipinski definition) is 1. The van der Waals surface area contributed by atoms with Crippen LogP contribution in [0.15, 0.2) is 24.3 Å². The first-order valence-corrected chi connectivity index (χ1v) is 5.70. The van der Waals surface area contributed by atoms with Crippen LogP contribution in [0.25, 0.3) is 0 Å². The monoisotopic (exact) mass is 207 g/mol. The first-order valence-electron chi connectivity index (χ1n) is 5.70. The first kappa shape index (κ1) is 10.6. The molecule has 0 saturated heterocycles. The Labute approximate surface area is 90.5 Å². The van der Waals surface area contributed by atoms with Crippen LogP contribution in [0.4, 0.5) is 4.39 Å². The zero-order chi connectivity index (χ0) is 10.7. The van der Waals surface area contributed by atoms with E-state index in [0.29, 0.717) is 12.5 Å². The minimum Gasteiger partial charge on any atom is -0.326 e. The minimum absolute atomic E-state index is 0.0819. The molecule has 0 aromatic heterocycles. The highest BCUT2D eigenvalue weighted by Crippen LogP contribution is 2.40. The lowest BCUT2D eigenvalue weighted by Crippen LogP contribution is -2.23. The number of alkyl halides is 1.